The average molecular weight is 269 g/mol. The van der Waals surface area contributed by atoms with Gasteiger partial charge in [0.05, 0.1) is 0 Å². The third-order valence-corrected chi connectivity index (χ3v) is 3.31. The molecule has 106 valence electrons. The third-order valence-electron chi connectivity index (χ3n) is 3.31. The van der Waals surface area contributed by atoms with Crippen molar-refractivity contribution in [2.45, 2.75) is 6.42 Å². The van der Waals surface area contributed by atoms with Gasteiger partial charge >= 0.3 is 0 Å². The van der Waals surface area contributed by atoms with Crippen LogP contribution in [0.15, 0.2) is 47.5 Å². The normalized spacial score (nSPS) is 10.4. The molecule has 0 N–H and O–H groups in total. The Morgan fingerprint density at radius 3 is 2.25 bits per heavy atom. The van der Waals surface area contributed by atoms with Gasteiger partial charge in [-0.1, -0.05) is 42.5 Å². The summed E-state index contributed by atoms with van der Waals surface area (Å²) in [6.45, 7) is 0.805. The fourth-order valence-electron chi connectivity index (χ4n) is 2.47. The van der Waals surface area contributed by atoms with Crippen LogP contribution < -0.4 is 0 Å². The first-order valence-electron chi connectivity index (χ1n) is 6.95. The zero-order chi connectivity index (χ0) is 14.5. The summed E-state index contributed by atoms with van der Waals surface area (Å²) in [6.07, 6.45) is 0.965. The third kappa shape index (κ3) is 3.29. The Morgan fingerprint density at radius 2 is 1.55 bits per heavy atom. The van der Waals surface area contributed by atoms with E-state index in [1.165, 1.54) is 16.3 Å². The van der Waals surface area contributed by atoms with Crippen LogP contribution >= 0.6 is 0 Å². The van der Waals surface area contributed by atoms with Crippen LogP contribution in [0.1, 0.15) is 5.56 Å². The Morgan fingerprint density at radius 1 is 0.900 bits per heavy atom. The highest BCUT2D eigenvalue weighted by Crippen LogP contribution is 2.18. The van der Waals surface area contributed by atoms with E-state index in [4.69, 9.17) is 4.99 Å². The number of nitrogens with zero attached hydrogens (tertiary/aromatic N) is 3. The second-order valence-corrected chi connectivity index (χ2v) is 5.36. The molecule has 2 rings (SSSR count). The molecule has 0 aliphatic heterocycles. The summed E-state index contributed by atoms with van der Waals surface area (Å²) >= 11 is 0. The van der Waals surface area contributed by atoms with Crippen LogP contribution in [0.5, 0.6) is 0 Å². The van der Waals surface area contributed by atoms with E-state index >= 15 is 0 Å². The average Bonchev–Trinajstić information content (AvgIpc) is 2.42. The number of aliphatic imine (C=N–C) groups is 1. The van der Waals surface area contributed by atoms with Crippen molar-refractivity contribution >= 4 is 16.7 Å². The van der Waals surface area contributed by atoms with Gasteiger partial charge in [-0.2, -0.15) is 0 Å². The lowest BCUT2D eigenvalue weighted by Crippen LogP contribution is -2.35. The minimum Gasteiger partial charge on any atom is -0.349 e. The molecule has 0 heterocycles. The molecule has 0 fully saturated rings. The van der Waals surface area contributed by atoms with Gasteiger partial charge in [-0.15, -0.1) is 0 Å². The van der Waals surface area contributed by atoms with E-state index in [9.17, 15) is 0 Å². The Kier molecular flexibility index (Phi) is 4.61. The fraction of sp³-hybridized carbons (Fsp3) is 0.353. The topological polar surface area (TPSA) is 18.8 Å². The fourth-order valence-corrected chi connectivity index (χ4v) is 2.47. The quantitative estimate of drug-likeness (QED) is 0.630. The lowest BCUT2D eigenvalue weighted by molar-refractivity contribution is 0.479. The molecule has 3 heteroatoms. The van der Waals surface area contributed by atoms with Gasteiger partial charge in [0.15, 0.2) is 5.96 Å². The van der Waals surface area contributed by atoms with Crippen molar-refractivity contribution in [2.75, 3.05) is 34.7 Å². The predicted molar refractivity (Wildman–Crippen MR) is 87.3 cm³/mol. The van der Waals surface area contributed by atoms with E-state index in [0.29, 0.717) is 0 Å². The molecular formula is C17H23N3. The van der Waals surface area contributed by atoms with Crippen LogP contribution in [0.3, 0.4) is 0 Å². The van der Waals surface area contributed by atoms with Crippen molar-refractivity contribution < 1.29 is 0 Å². The van der Waals surface area contributed by atoms with Crippen molar-refractivity contribution in [3.8, 4) is 0 Å². The summed E-state index contributed by atoms with van der Waals surface area (Å²) in [5.41, 5.74) is 1.36. The summed E-state index contributed by atoms with van der Waals surface area (Å²) in [7, 11) is 8.10. The van der Waals surface area contributed by atoms with Crippen molar-refractivity contribution in [3.63, 3.8) is 0 Å². The lowest BCUT2D eigenvalue weighted by Gasteiger charge is -2.22. The molecule has 0 aliphatic rings. The van der Waals surface area contributed by atoms with Crippen LogP contribution in [0, 0.1) is 0 Å². The molecular weight excluding hydrogens is 246 g/mol. The molecule has 2 aromatic carbocycles. The summed E-state index contributed by atoms with van der Waals surface area (Å²) in [4.78, 5) is 8.78. The molecule has 3 nitrogen and oxygen atoms in total. The lowest BCUT2D eigenvalue weighted by atomic mass is 10.0. The Labute approximate surface area is 121 Å². The minimum absolute atomic E-state index is 0.805. The molecule has 0 saturated carbocycles. The smallest absolute Gasteiger partial charge is 0.195 e. The van der Waals surface area contributed by atoms with Gasteiger partial charge in [0, 0.05) is 34.7 Å². The number of rotatable bonds is 3. The zero-order valence-corrected chi connectivity index (χ0v) is 12.8. The van der Waals surface area contributed by atoms with E-state index < -0.39 is 0 Å². The summed E-state index contributed by atoms with van der Waals surface area (Å²) in [6, 6.07) is 15.0. The largest absolute Gasteiger partial charge is 0.349 e. The summed E-state index contributed by atoms with van der Waals surface area (Å²) in [5, 5.41) is 2.64. The first kappa shape index (κ1) is 14.4. The number of hydrogen-bond donors (Lipinski definition) is 0. The SMILES string of the molecule is CN(C)C(=NCCc1cccc2ccccc12)N(C)C. The highest BCUT2D eigenvalue weighted by Gasteiger charge is 2.04. The second-order valence-electron chi connectivity index (χ2n) is 5.36. The summed E-state index contributed by atoms with van der Waals surface area (Å²) in [5.74, 6) is 1.00. The van der Waals surface area contributed by atoms with Crippen molar-refractivity contribution in [2.24, 2.45) is 4.99 Å². The Bertz CT molecular complexity index is 585. The van der Waals surface area contributed by atoms with Crippen LogP contribution in [0.25, 0.3) is 10.8 Å². The molecule has 2 aromatic rings. The molecule has 0 aromatic heterocycles. The second kappa shape index (κ2) is 6.42. The van der Waals surface area contributed by atoms with E-state index in [2.05, 4.69) is 42.5 Å². The maximum Gasteiger partial charge on any atom is 0.195 e. The van der Waals surface area contributed by atoms with Gasteiger partial charge < -0.3 is 9.80 Å². The zero-order valence-electron chi connectivity index (χ0n) is 12.8. The predicted octanol–water partition coefficient (Wildman–Crippen LogP) is 2.86. The van der Waals surface area contributed by atoms with Gasteiger partial charge in [-0.3, -0.25) is 4.99 Å². The van der Waals surface area contributed by atoms with Crippen molar-refractivity contribution in [3.05, 3.63) is 48.0 Å². The minimum atomic E-state index is 0.805. The first-order valence-corrected chi connectivity index (χ1v) is 6.95. The monoisotopic (exact) mass is 269 g/mol. The molecule has 0 atom stereocenters. The Hall–Kier alpha value is -2.03. The highest BCUT2D eigenvalue weighted by atomic mass is 15.3. The molecule has 0 unspecified atom stereocenters. The van der Waals surface area contributed by atoms with Gasteiger partial charge in [0.1, 0.15) is 0 Å². The molecule has 0 amide bonds. The summed E-state index contributed by atoms with van der Waals surface area (Å²) < 4.78 is 0. The van der Waals surface area contributed by atoms with E-state index in [1.54, 1.807) is 0 Å². The number of guanidine groups is 1. The van der Waals surface area contributed by atoms with Gasteiger partial charge in [-0.25, -0.2) is 0 Å². The number of benzene rings is 2. The molecule has 0 saturated heterocycles. The van der Waals surface area contributed by atoms with Crippen molar-refractivity contribution in [1.82, 2.24) is 9.80 Å². The molecule has 0 radical (unpaired) electrons. The van der Waals surface area contributed by atoms with Crippen LogP contribution in [0.2, 0.25) is 0 Å². The molecule has 0 aliphatic carbocycles. The standard InChI is InChI=1S/C17H23N3/c1-19(2)17(20(3)4)18-13-12-15-10-7-9-14-8-5-6-11-16(14)15/h5-11H,12-13H2,1-4H3. The van der Waals surface area contributed by atoms with Crippen LogP contribution in [-0.4, -0.2) is 50.5 Å². The van der Waals surface area contributed by atoms with Crippen molar-refractivity contribution in [1.29, 1.82) is 0 Å². The van der Waals surface area contributed by atoms with E-state index in [0.717, 1.165) is 18.9 Å². The first-order chi connectivity index (χ1) is 9.59. The maximum absolute atomic E-state index is 4.69. The van der Waals surface area contributed by atoms with Gasteiger partial charge in [0.2, 0.25) is 0 Å². The highest BCUT2D eigenvalue weighted by molar-refractivity contribution is 5.85. The van der Waals surface area contributed by atoms with Crippen LogP contribution in [0.4, 0.5) is 0 Å². The maximum atomic E-state index is 4.69. The Balaban J connectivity index is 2.15. The molecule has 0 bridgehead atoms. The molecule has 0 spiro atoms. The van der Waals surface area contributed by atoms with E-state index in [-0.39, 0.29) is 0 Å². The van der Waals surface area contributed by atoms with Gasteiger partial charge in [0.25, 0.3) is 0 Å². The number of fused-ring (bicyclic) bond motifs is 1. The van der Waals surface area contributed by atoms with E-state index in [1.807, 2.05) is 38.0 Å². The van der Waals surface area contributed by atoms with Gasteiger partial charge in [-0.05, 0) is 22.8 Å². The number of hydrogen-bond acceptors (Lipinski definition) is 1. The van der Waals surface area contributed by atoms with Crippen LogP contribution in [-0.2, 0) is 6.42 Å². The molecule has 20 heavy (non-hydrogen) atoms.